The minimum atomic E-state index is -1.44. The lowest BCUT2D eigenvalue weighted by molar-refractivity contribution is -0.121. The van der Waals surface area contributed by atoms with Gasteiger partial charge in [0, 0.05) is 39.1 Å². The fourth-order valence-corrected chi connectivity index (χ4v) is 5.40. The molecule has 152 valence electrons. The Morgan fingerprint density at radius 1 is 0.968 bits per heavy atom. The van der Waals surface area contributed by atoms with E-state index in [2.05, 4.69) is 31.2 Å². The number of halogens is 1. The van der Waals surface area contributed by atoms with Gasteiger partial charge in [-0.05, 0) is 60.8 Å². The van der Waals surface area contributed by atoms with E-state index in [1.165, 1.54) is 12.2 Å². The van der Waals surface area contributed by atoms with Crippen LogP contribution in [0.25, 0.3) is 11.0 Å². The highest BCUT2D eigenvalue weighted by atomic mass is 79.9. The molecule has 7 nitrogen and oxygen atoms in total. The molecule has 0 saturated heterocycles. The lowest BCUT2D eigenvalue weighted by Crippen LogP contribution is -2.50. The Bertz CT molecular complexity index is 1500. The van der Waals surface area contributed by atoms with Gasteiger partial charge in [0.05, 0.1) is 11.0 Å². The molecular formula is C22H13BrN4O3S. The zero-order chi connectivity index (χ0) is 21.5. The number of carbonyl (C=O) groups is 3. The van der Waals surface area contributed by atoms with E-state index in [1.807, 2.05) is 35.2 Å². The number of carbonyl (C=O) groups excluding carboxylic acids is 3. The number of aromatic nitrogens is 2. The van der Waals surface area contributed by atoms with E-state index in [1.54, 1.807) is 6.07 Å². The molecule has 3 heterocycles. The van der Waals surface area contributed by atoms with Crippen LogP contribution < -0.4 is 10.2 Å². The van der Waals surface area contributed by atoms with Crippen LogP contribution in [0.3, 0.4) is 0 Å². The van der Waals surface area contributed by atoms with Crippen LogP contribution in [0.4, 0.5) is 11.4 Å². The van der Waals surface area contributed by atoms with E-state index < -0.39 is 5.54 Å². The van der Waals surface area contributed by atoms with Gasteiger partial charge < -0.3 is 20.2 Å². The fraction of sp³-hybridized carbons (Fsp3) is 0.0909. The average Bonchev–Trinajstić information content (AvgIpc) is 3.38. The van der Waals surface area contributed by atoms with Gasteiger partial charge in [0.1, 0.15) is 0 Å². The van der Waals surface area contributed by atoms with Crippen LogP contribution in [0.2, 0.25) is 0 Å². The number of rotatable bonds is 1. The third-order valence-corrected chi connectivity index (χ3v) is 6.77. The van der Waals surface area contributed by atoms with Crippen LogP contribution in [0.15, 0.2) is 64.2 Å². The summed E-state index contributed by atoms with van der Waals surface area (Å²) >= 11 is 8.67. The minimum Gasteiger partial charge on any atom is -0.345 e. The van der Waals surface area contributed by atoms with Crippen molar-refractivity contribution < 1.29 is 14.4 Å². The molecule has 1 atom stereocenters. The van der Waals surface area contributed by atoms with Gasteiger partial charge in [-0.25, -0.2) is 0 Å². The number of anilines is 2. The van der Waals surface area contributed by atoms with Gasteiger partial charge in [0.15, 0.2) is 21.9 Å². The molecule has 3 aliphatic rings. The third kappa shape index (κ3) is 2.33. The number of imidazole rings is 1. The van der Waals surface area contributed by atoms with Crippen molar-refractivity contribution in [1.29, 1.82) is 0 Å². The summed E-state index contributed by atoms with van der Waals surface area (Å²) in [6.45, 7) is 0.139. The molecule has 3 aromatic rings. The van der Waals surface area contributed by atoms with E-state index in [9.17, 15) is 14.4 Å². The summed E-state index contributed by atoms with van der Waals surface area (Å²) in [7, 11) is 0. The SMILES string of the molecule is O=C1C=CC(=O)C2=C1CN(c1ccc3[nH]c(=S)[nH]c3c1)C21C(=O)Nc2ccc(Br)cc21. The summed E-state index contributed by atoms with van der Waals surface area (Å²) in [5, 5.41) is 2.91. The van der Waals surface area contributed by atoms with E-state index in [0.717, 1.165) is 15.5 Å². The van der Waals surface area contributed by atoms with E-state index in [-0.39, 0.29) is 29.6 Å². The quantitative estimate of drug-likeness (QED) is 0.355. The third-order valence-electron chi connectivity index (χ3n) is 6.07. The second kappa shape index (κ2) is 6.12. The summed E-state index contributed by atoms with van der Waals surface area (Å²) in [5.74, 6) is -0.943. The molecule has 3 N–H and O–H groups in total. The molecule has 2 aromatic carbocycles. The molecule has 0 saturated carbocycles. The molecule has 1 spiro atoms. The number of H-pyrrole nitrogens is 2. The Labute approximate surface area is 189 Å². The lowest BCUT2D eigenvalue weighted by Gasteiger charge is -2.37. The molecule has 1 amide bonds. The second-order valence-electron chi connectivity index (χ2n) is 7.66. The van der Waals surface area contributed by atoms with Crippen LogP contribution in [-0.4, -0.2) is 34.0 Å². The predicted octanol–water partition coefficient (Wildman–Crippen LogP) is 3.66. The smallest absolute Gasteiger partial charge is 0.259 e. The summed E-state index contributed by atoms with van der Waals surface area (Å²) < 4.78 is 1.26. The van der Waals surface area contributed by atoms with Crippen molar-refractivity contribution in [2.24, 2.45) is 0 Å². The first kappa shape index (κ1) is 18.5. The van der Waals surface area contributed by atoms with Crippen molar-refractivity contribution in [3.63, 3.8) is 0 Å². The first-order chi connectivity index (χ1) is 14.9. The largest absolute Gasteiger partial charge is 0.345 e. The van der Waals surface area contributed by atoms with Crippen molar-refractivity contribution in [2.45, 2.75) is 5.54 Å². The van der Waals surface area contributed by atoms with Crippen molar-refractivity contribution >= 4 is 68.0 Å². The average molecular weight is 493 g/mol. The van der Waals surface area contributed by atoms with Crippen LogP contribution in [0.1, 0.15) is 5.56 Å². The highest BCUT2D eigenvalue weighted by Gasteiger charge is 2.61. The van der Waals surface area contributed by atoms with Crippen LogP contribution in [0.5, 0.6) is 0 Å². The molecule has 2 aliphatic heterocycles. The number of ketones is 2. The number of aromatic amines is 2. The van der Waals surface area contributed by atoms with E-state index in [0.29, 0.717) is 27.3 Å². The fourth-order valence-electron chi connectivity index (χ4n) is 4.82. The minimum absolute atomic E-state index is 0.139. The van der Waals surface area contributed by atoms with Crippen molar-refractivity contribution in [3.05, 3.63) is 74.5 Å². The summed E-state index contributed by atoms with van der Waals surface area (Å²) in [6.07, 6.45) is 2.53. The summed E-state index contributed by atoms with van der Waals surface area (Å²) in [4.78, 5) is 47.4. The molecule has 31 heavy (non-hydrogen) atoms. The Morgan fingerprint density at radius 3 is 2.58 bits per heavy atom. The summed E-state index contributed by atoms with van der Waals surface area (Å²) in [5.41, 5.74) is 2.66. The van der Waals surface area contributed by atoms with Crippen LogP contribution >= 0.6 is 28.1 Å². The highest BCUT2D eigenvalue weighted by molar-refractivity contribution is 9.10. The Kier molecular flexibility index (Phi) is 3.64. The Hall–Kier alpha value is -3.30. The molecule has 0 fully saturated rings. The maximum absolute atomic E-state index is 13.6. The molecule has 0 radical (unpaired) electrons. The lowest BCUT2D eigenvalue weighted by atomic mass is 9.78. The highest BCUT2D eigenvalue weighted by Crippen LogP contribution is 2.53. The van der Waals surface area contributed by atoms with Gasteiger partial charge in [0.25, 0.3) is 5.91 Å². The number of hydrogen-bond acceptors (Lipinski definition) is 5. The van der Waals surface area contributed by atoms with Crippen LogP contribution in [-0.2, 0) is 19.9 Å². The zero-order valence-corrected chi connectivity index (χ0v) is 18.2. The molecule has 9 heteroatoms. The monoisotopic (exact) mass is 492 g/mol. The van der Waals surface area contributed by atoms with Gasteiger partial charge in [0.2, 0.25) is 0 Å². The number of nitrogens with zero attached hydrogens (tertiary/aromatic N) is 1. The van der Waals surface area contributed by atoms with Crippen molar-refractivity contribution in [3.8, 4) is 0 Å². The predicted molar refractivity (Wildman–Crippen MR) is 121 cm³/mol. The van der Waals surface area contributed by atoms with Crippen molar-refractivity contribution in [2.75, 3.05) is 16.8 Å². The van der Waals surface area contributed by atoms with Gasteiger partial charge in [-0.15, -0.1) is 0 Å². The normalized spacial score (nSPS) is 22.0. The van der Waals surface area contributed by atoms with Gasteiger partial charge >= 0.3 is 0 Å². The van der Waals surface area contributed by atoms with E-state index in [4.69, 9.17) is 12.2 Å². The number of allylic oxidation sites excluding steroid dienone is 2. The number of benzene rings is 2. The van der Waals surface area contributed by atoms with E-state index >= 15 is 0 Å². The maximum Gasteiger partial charge on any atom is 0.259 e. The maximum atomic E-state index is 13.6. The molecule has 1 aromatic heterocycles. The van der Waals surface area contributed by atoms with Gasteiger partial charge in [-0.2, -0.15) is 0 Å². The molecule has 6 rings (SSSR count). The number of amides is 1. The second-order valence-corrected chi connectivity index (χ2v) is 8.99. The Balaban J connectivity index is 1.67. The summed E-state index contributed by atoms with van der Waals surface area (Å²) in [6, 6.07) is 11.0. The number of nitrogens with one attached hydrogen (secondary N) is 3. The number of fused-ring (bicyclic) bond motifs is 4. The molecule has 1 aliphatic carbocycles. The number of hydrogen-bond donors (Lipinski definition) is 3. The molecule has 0 bridgehead atoms. The van der Waals surface area contributed by atoms with Crippen molar-refractivity contribution in [1.82, 2.24) is 9.97 Å². The van der Waals surface area contributed by atoms with Gasteiger partial charge in [-0.3, -0.25) is 14.4 Å². The standard InChI is InChI=1S/C22H13BrN4O3S/c23-10-1-3-14-13(7-10)22(20(30)24-14)19-12(17(28)5-6-18(19)29)9-27(22)11-2-4-15-16(8-11)26-21(31)25-15/h1-8H,9H2,(H,24,30)(H2,25,26,31). The van der Waals surface area contributed by atoms with Gasteiger partial charge in [-0.1, -0.05) is 15.9 Å². The zero-order valence-electron chi connectivity index (χ0n) is 15.8. The first-order valence-electron chi connectivity index (χ1n) is 9.51. The van der Waals surface area contributed by atoms with Crippen LogP contribution in [0, 0.1) is 4.77 Å². The molecule has 1 unspecified atom stereocenters. The Morgan fingerprint density at radius 2 is 1.74 bits per heavy atom. The first-order valence-corrected chi connectivity index (χ1v) is 10.7. The topological polar surface area (TPSA) is 98.1 Å². The molecular weight excluding hydrogens is 480 g/mol.